The van der Waals surface area contributed by atoms with Gasteiger partial charge in [0.25, 0.3) is 5.97 Å². The molecule has 1 rings (SSSR count). The summed E-state index contributed by atoms with van der Waals surface area (Å²) < 4.78 is 10.1. The minimum atomic E-state index is -0.931. The lowest BCUT2D eigenvalue weighted by Gasteiger charge is -2.01. The summed E-state index contributed by atoms with van der Waals surface area (Å²) in [6.45, 7) is 3.37. The Hall–Kier alpha value is -1.70. The van der Waals surface area contributed by atoms with Crippen LogP contribution in [-0.4, -0.2) is 33.7 Å². The molecule has 0 radical (unpaired) electrons. The lowest BCUT2D eigenvalue weighted by Crippen LogP contribution is -2.05. The highest BCUT2D eigenvalue weighted by Crippen LogP contribution is 2.12. The van der Waals surface area contributed by atoms with Gasteiger partial charge in [0.1, 0.15) is 5.75 Å². The normalized spacial score (nSPS) is 10.2. The number of hydrogen-bond acceptors (Lipinski definition) is 4. The molecule has 5 heteroatoms. The van der Waals surface area contributed by atoms with Crippen molar-refractivity contribution in [1.82, 2.24) is 0 Å². The van der Waals surface area contributed by atoms with Crippen LogP contribution in [0.25, 0.3) is 6.08 Å². The van der Waals surface area contributed by atoms with E-state index in [0.29, 0.717) is 11.7 Å². The Morgan fingerprint density at radius 2 is 2.11 bits per heavy atom. The van der Waals surface area contributed by atoms with Gasteiger partial charge in [-0.25, -0.2) is 0 Å². The molecule has 0 spiro atoms. The Kier molecular flexibility index (Phi) is 6.80. The van der Waals surface area contributed by atoms with Crippen LogP contribution in [0.5, 0.6) is 5.75 Å². The largest absolute Gasteiger partial charge is 0.615 e. The first-order valence-corrected chi connectivity index (χ1v) is 7.55. The van der Waals surface area contributed by atoms with Gasteiger partial charge < -0.3 is 13.6 Å². The molecular formula is C14H17AlO4. The molecule has 4 nitrogen and oxygen atoms in total. The van der Waals surface area contributed by atoms with Gasteiger partial charge in [0, 0.05) is 6.08 Å². The zero-order valence-corrected chi connectivity index (χ0v) is 12.4. The van der Waals surface area contributed by atoms with Crippen LogP contribution >= 0.6 is 0 Å². The summed E-state index contributed by atoms with van der Waals surface area (Å²) >= 11 is -0.931. The van der Waals surface area contributed by atoms with E-state index < -0.39 is 15.6 Å². The summed E-state index contributed by atoms with van der Waals surface area (Å²) in [6, 6.07) is 7.37. The Balaban J connectivity index is 2.34. The highest BCUT2D eigenvalue weighted by atomic mass is 27.1. The summed E-state index contributed by atoms with van der Waals surface area (Å²) in [6.07, 6.45) is 3.60. The van der Waals surface area contributed by atoms with E-state index in [0.717, 1.165) is 11.3 Å². The van der Waals surface area contributed by atoms with Crippen molar-refractivity contribution in [1.29, 1.82) is 0 Å². The minimum Gasteiger partial charge on any atom is -0.615 e. The van der Waals surface area contributed by atoms with Crippen LogP contribution in [0.1, 0.15) is 12.0 Å². The van der Waals surface area contributed by atoms with Crippen LogP contribution in [0.4, 0.5) is 0 Å². The second-order valence-corrected chi connectivity index (χ2v) is 5.35. The number of aliphatic hydroxyl groups is 1. The number of methoxy groups -OCH3 is 1. The molecule has 0 aromatic heterocycles. The first kappa shape index (κ1) is 15.4. The molecule has 0 aliphatic carbocycles. The van der Waals surface area contributed by atoms with E-state index >= 15 is 0 Å². The molecule has 0 saturated carbocycles. The zero-order valence-electron chi connectivity index (χ0n) is 11.0. The molecule has 0 aliphatic rings. The number of ether oxygens (including phenoxy) is 1. The van der Waals surface area contributed by atoms with Gasteiger partial charge in [0.2, 0.25) is 0 Å². The first-order chi connectivity index (χ1) is 9.11. The molecule has 19 heavy (non-hydrogen) atoms. The van der Waals surface area contributed by atoms with E-state index in [-0.39, 0.29) is 11.7 Å². The van der Waals surface area contributed by atoms with Crippen molar-refractivity contribution in [3.05, 3.63) is 48.2 Å². The minimum absolute atomic E-state index is 0.136. The van der Waals surface area contributed by atoms with E-state index in [4.69, 9.17) is 13.6 Å². The molecule has 1 aromatic rings. The van der Waals surface area contributed by atoms with Crippen molar-refractivity contribution < 1.29 is 18.4 Å². The molecule has 0 bridgehead atoms. The molecule has 1 aromatic carbocycles. The quantitative estimate of drug-likeness (QED) is 0.360. The van der Waals surface area contributed by atoms with Crippen LogP contribution in [-0.2, 0) is 8.58 Å². The van der Waals surface area contributed by atoms with Crippen molar-refractivity contribution in [2.24, 2.45) is 0 Å². The smallest absolute Gasteiger partial charge is 0.524 e. The number of rotatable bonds is 7. The number of carbonyl (C=O) groups is 1. The van der Waals surface area contributed by atoms with Gasteiger partial charge in [-0.15, -0.1) is 0 Å². The highest BCUT2D eigenvalue weighted by Gasteiger charge is 2.02. The SMILES string of the molecule is C=C(O)C[CH2][AlH][O]C(=O)/C=C/c1ccc(OC)cc1. The van der Waals surface area contributed by atoms with Crippen LogP contribution < -0.4 is 4.74 Å². The van der Waals surface area contributed by atoms with E-state index in [1.54, 1.807) is 13.2 Å². The highest BCUT2D eigenvalue weighted by molar-refractivity contribution is 6.31. The zero-order chi connectivity index (χ0) is 14.1. The molecule has 0 atom stereocenters. The fourth-order valence-corrected chi connectivity index (χ4v) is 2.37. The van der Waals surface area contributed by atoms with Gasteiger partial charge in [0.15, 0.2) is 0 Å². The van der Waals surface area contributed by atoms with Crippen LogP contribution in [0.15, 0.2) is 42.7 Å². The third-order valence-corrected chi connectivity index (χ3v) is 3.51. The first-order valence-electron chi connectivity index (χ1n) is 5.97. The predicted molar refractivity (Wildman–Crippen MR) is 76.5 cm³/mol. The van der Waals surface area contributed by atoms with Crippen LogP contribution in [0.3, 0.4) is 0 Å². The van der Waals surface area contributed by atoms with Gasteiger partial charge in [-0.3, -0.25) is 4.79 Å². The summed E-state index contributed by atoms with van der Waals surface area (Å²) in [5.74, 6) is 0.569. The maximum atomic E-state index is 11.4. The fourth-order valence-electron chi connectivity index (χ4n) is 1.38. The van der Waals surface area contributed by atoms with E-state index in [2.05, 4.69) is 6.58 Å². The summed E-state index contributed by atoms with van der Waals surface area (Å²) in [5, 5.41) is 9.58. The van der Waals surface area contributed by atoms with Gasteiger partial charge >= 0.3 is 15.6 Å². The van der Waals surface area contributed by atoms with E-state index in [9.17, 15) is 4.79 Å². The topological polar surface area (TPSA) is 55.8 Å². The molecule has 0 saturated heterocycles. The Bertz CT molecular complexity index is 451. The van der Waals surface area contributed by atoms with Gasteiger partial charge in [-0.05, 0) is 30.2 Å². The molecule has 0 fully saturated rings. The number of carbonyl (C=O) groups excluding carboxylic acids is 1. The van der Waals surface area contributed by atoms with Crippen molar-refractivity contribution >= 4 is 27.6 Å². The third-order valence-electron chi connectivity index (χ3n) is 2.38. The summed E-state index contributed by atoms with van der Waals surface area (Å²) in [5.41, 5.74) is 0.906. The van der Waals surface area contributed by atoms with Crippen molar-refractivity contribution in [3.63, 3.8) is 0 Å². The second-order valence-electron chi connectivity index (χ2n) is 3.94. The maximum absolute atomic E-state index is 11.4. The lowest BCUT2D eigenvalue weighted by molar-refractivity contribution is -0.128. The molecular weight excluding hydrogens is 259 g/mol. The fraction of sp³-hybridized carbons (Fsp3) is 0.214. The van der Waals surface area contributed by atoms with Crippen LogP contribution in [0, 0.1) is 0 Å². The van der Waals surface area contributed by atoms with E-state index in [1.807, 2.05) is 24.3 Å². The number of aliphatic hydroxyl groups excluding tert-OH is 1. The Morgan fingerprint density at radius 1 is 1.42 bits per heavy atom. The van der Waals surface area contributed by atoms with Crippen molar-refractivity contribution in [2.45, 2.75) is 11.7 Å². The number of allylic oxidation sites excluding steroid dienone is 1. The number of benzene rings is 1. The van der Waals surface area contributed by atoms with Gasteiger partial charge in [-0.1, -0.05) is 24.0 Å². The Morgan fingerprint density at radius 3 is 2.68 bits per heavy atom. The molecule has 100 valence electrons. The average Bonchev–Trinajstić information content (AvgIpc) is 2.41. The standard InChI is InChI=1S/C10H10O3.C4H7O.Al.H/c1-13-9-5-2-8(3-6-9)4-7-10(11)12;1-3-4(2)5;;/h2-7H,1H3,(H,11,12);5H,1-3H2;;/q;;+1;/p-1/b7-4+;;;. The Labute approximate surface area is 119 Å². The van der Waals surface area contributed by atoms with Gasteiger partial charge in [0.05, 0.1) is 12.9 Å². The summed E-state index contributed by atoms with van der Waals surface area (Å²) in [7, 11) is 1.61. The monoisotopic (exact) mass is 276 g/mol. The number of hydrogen-bond donors (Lipinski definition) is 1. The van der Waals surface area contributed by atoms with Crippen LogP contribution in [0.2, 0.25) is 5.28 Å². The van der Waals surface area contributed by atoms with Crippen molar-refractivity contribution in [2.75, 3.05) is 7.11 Å². The van der Waals surface area contributed by atoms with E-state index in [1.165, 1.54) is 6.08 Å². The summed E-state index contributed by atoms with van der Waals surface area (Å²) in [4.78, 5) is 11.4. The molecule has 0 unspecified atom stereocenters. The van der Waals surface area contributed by atoms with Gasteiger partial charge in [-0.2, -0.15) is 0 Å². The van der Waals surface area contributed by atoms with Crippen molar-refractivity contribution in [3.8, 4) is 5.75 Å². The second kappa shape index (κ2) is 8.41. The lowest BCUT2D eigenvalue weighted by atomic mass is 10.2. The average molecular weight is 276 g/mol. The molecule has 1 N–H and O–H groups in total. The molecule has 0 aliphatic heterocycles. The maximum Gasteiger partial charge on any atom is 0.524 e. The third kappa shape index (κ3) is 6.70. The predicted octanol–water partition coefficient (Wildman–Crippen LogP) is 2.48. The molecule has 0 amide bonds. The molecule has 0 heterocycles.